The fraction of sp³-hybridized carbons (Fsp3) is 0.750. The van der Waals surface area contributed by atoms with E-state index in [1.54, 1.807) is 0 Å². The van der Waals surface area contributed by atoms with Gasteiger partial charge in [0.2, 0.25) is 0 Å². The van der Waals surface area contributed by atoms with Crippen LogP contribution < -0.4 is 0 Å². The van der Waals surface area contributed by atoms with Gasteiger partial charge >= 0.3 is 0 Å². The highest BCUT2D eigenvalue weighted by molar-refractivity contribution is 5.97. The van der Waals surface area contributed by atoms with Gasteiger partial charge in [-0.25, -0.2) is 0 Å². The second-order valence-corrected chi connectivity index (χ2v) is 8.75. The van der Waals surface area contributed by atoms with Gasteiger partial charge in [-0.1, -0.05) is 39.3 Å². The van der Waals surface area contributed by atoms with Crippen molar-refractivity contribution in [2.75, 3.05) is 6.61 Å². The molecule has 22 heavy (non-hydrogen) atoms. The molecular weight excluding hydrogens is 272 g/mol. The molecule has 2 saturated carbocycles. The number of hydrogen-bond acceptors (Lipinski definition) is 2. The Morgan fingerprint density at radius 2 is 2.05 bits per heavy atom. The summed E-state index contributed by atoms with van der Waals surface area (Å²) >= 11 is 0. The molecule has 5 unspecified atom stereocenters. The summed E-state index contributed by atoms with van der Waals surface area (Å²) in [5, 5.41) is 9.97. The molecule has 0 aromatic heterocycles. The maximum absolute atomic E-state index is 12.8. The van der Waals surface area contributed by atoms with Gasteiger partial charge in [0.1, 0.15) is 0 Å². The average Bonchev–Trinajstić information content (AvgIpc) is 2.50. The van der Waals surface area contributed by atoms with E-state index in [-0.39, 0.29) is 22.9 Å². The lowest BCUT2D eigenvalue weighted by molar-refractivity contribution is -0.135. The van der Waals surface area contributed by atoms with Gasteiger partial charge in [0.05, 0.1) is 0 Å². The molecule has 2 heteroatoms. The molecule has 0 amide bonds. The quantitative estimate of drug-likeness (QED) is 0.772. The van der Waals surface area contributed by atoms with E-state index in [2.05, 4.69) is 33.4 Å². The standard InChI is InChI=1S/C20H30O2/c1-5-18(2)10-7-15-14(12-18)16(22)11-17-19(3,13-21)8-6-9-20(15,17)4/h5,12,15,17,21H,1,6-11,13H2,2-4H3. The van der Waals surface area contributed by atoms with Crippen LogP contribution in [0, 0.1) is 28.1 Å². The Hall–Kier alpha value is -0.890. The molecule has 0 heterocycles. The van der Waals surface area contributed by atoms with Gasteiger partial charge in [0.25, 0.3) is 0 Å². The number of ketones is 1. The largest absolute Gasteiger partial charge is 0.396 e. The summed E-state index contributed by atoms with van der Waals surface area (Å²) < 4.78 is 0. The number of allylic oxidation sites excluding steroid dienone is 3. The minimum atomic E-state index is -0.0899. The average molecular weight is 302 g/mol. The van der Waals surface area contributed by atoms with Crippen LogP contribution in [0.4, 0.5) is 0 Å². The summed E-state index contributed by atoms with van der Waals surface area (Å²) in [5.41, 5.74) is 1.11. The van der Waals surface area contributed by atoms with Gasteiger partial charge in [0.15, 0.2) is 5.78 Å². The summed E-state index contributed by atoms with van der Waals surface area (Å²) in [4.78, 5) is 12.8. The Bertz CT molecular complexity index is 534. The van der Waals surface area contributed by atoms with Gasteiger partial charge in [-0.05, 0) is 53.9 Å². The van der Waals surface area contributed by atoms with E-state index < -0.39 is 0 Å². The molecule has 5 atom stereocenters. The first-order valence-corrected chi connectivity index (χ1v) is 8.78. The van der Waals surface area contributed by atoms with Gasteiger partial charge in [-0.3, -0.25) is 4.79 Å². The van der Waals surface area contributed by atoms with E-state index in [0.717, 1.165) is 24.8 Å². The molecule has 0 bridgehead atoms. The predicted molar refractivity (Wildman–Crippen MR) is 89.4 cm³/mol. The van der Waals surface area contributed by atoms with Crippen molar-refractivity contribution >= 4 is 5.78 Å². The van der Waals surface area contributed by atoms with E-state index in [4.69, 9.17) is 0 Å². The molecule has 3 aliphatic rings. The van der Waals surface area contributed by atoms with Crippen molar-refractivity contribution in [3.05, 3.63) is 24.3 Å². The molecule has 122 valence electrons. The highest BCUT2D eigenvalue weighted by Crippen LogP contribution is 2.62. The molecule has 0 saturated heterocycles. The number of carbonyl (C=O) groups excluding carboxylic acids is 1. The second-order valence-electron chi connectivity index (χ2n) is 8.75. The lowest BCUT2D eigenvalue weighted by atomic mass is 9.45. The third-order valence-corrected chi connectivity index (χ3v) is 7.27. The topological polar surface area (TPSA) is 37.3 Å². The summed E-state index contributed by atoms with van der Waals surface area (Å²) in [6.07, 6.45) is 10.4. The van der Waals surface area contributed by atoms with Crippen LogP contribution in [0.1, 0.15) is 59.3 Å². The normalized spacial score (nSPS) is 48.2. The molecule has 2 nitrogen and oxygen atoms in total. The number of carbonyl (C=O) groups is 1. The first-order valence-electron chi connectivity index (χ1n) is 8.78. The zero-order chi connectivity index (χ0) is 16.2. The van der Waals surface area contributed by atoms with E-state index in [1.165, 1.54) is 12.8 Å². The third-order valence-electron chi connectivity index (χ3n) is 7.27. The maximum atomic E-state index is 12.8. The summed E-state index contributed by atoms with van der Waals surface area (Å²) in [6, 6.07) is 0. The smallest absolute Gasteiger partial charge is 0.159 e. The number of rotatable bonds is 2. The van der Waals surface area contributed by atoms with E-state index in [0.29, 0.717) is 24.0 Å². The summed E-state index contributed by atoms with van der Waals surface area (Å²) in [7, 11) is 0. The lowest BCUT2D eigenvalue weighted by Gasteiger charge is -2.59. The van der Waals surface area contributed by atoms with Crippen molar-refractivity contribution in [1.82, 2.24) is 0 Å². The molecule has 0 aliphatic heterocycles. The monoisotopic (exact) mass is 302 g/mol. The van der Waals surface area contributed by atoms with Crippen LogP contribution in [-0.4, -0.2) is 17.5 Å². The number of fused-ring (bicyclic) bond motifs is 3. The van der Waals surface area contributed by atoms with Crippen LogP contribution in [0.2, 0.25) is 0 Å². The lowest BCUT2D eigenvalue weighted by Crippen LogP contribution is -2.54. The first kappa shape index (κ1) is 16.0. The molecule has 0 radical (unpaired) electrons. The Balaban J connectivity index is 2.04. The molecule has 3 aliphatic carbocycles. The summed E-state index contributed by atoms with van der Waals surface area (Å²) in [5.74, 6) is 1.02. The van der Waals surface area contributed by atoms with Crippen molar-refractivity contribution < 1.29 is 9.90 Å². The molecule has 0 aromatic rings. The van der Waals surface area contributed by atoms with Gasteiger partial charge in [0, 0.05) is 18.4 Å². The Morgan fingerprint density at radius 1 is 1.32 bits per heavy atom. The van der Waals surface area contributed by atoms with Crippen LogP contribution in [0.5, 0.6) is 0 Å². The molecule has 0 aromatic carbocycles. The van der Waals surface area contributed by atoms with Crippen molar-refractivity contribution in [3.63, 3.8) is 0 Å². The Labute approximate surface area is 134 Å². The van der Waals surface area contributed by atoms with Crippen LogP contribution in [0.15, 0.2) is 24.3 Å². The number of hydrogen-bond donors (Lipinski definition) is 1. The van der Waals surface area contributed by atoms with Gasteiger partial charge in [-0.2, -0.15) is 0 Å². The Kier molecular flexibility index (Phi) is 3.67. The minimum Gasteiger partial charge on any atom is -0.396 e. The van der Waals surface area contributed by atoms with Crippen LogP contribution in [0.25, 0.3) is 0 Å². The van der Waals surface area contributed by atoms with Crippen molar-refractivity contribution in [2.24, 2.45) is 28.1 Å². The predicted octanol–water partition coefficient (Wildman–Crippen LogP) is 4.29. The van der Waals surface area contributed by atoms with Crippen LogP contribution >= 0.6 is 0 Å². The Morgan fingerprint density at radius 3 is 2.68 bits per heavy atom. The van der Waals surface area contributed by atoms with E-state index in [1.807, 2.05) is 6.08 Å². The highest BCUT2D eigenvalue weighted by atomic mass is 16.3. The first-order chi connectivity index (χ1) is 10.3. The SMILES string of the molecule is C=CC1(C)C=C2C(=O)CC3C(C)(CO)CCCC3(C)C2CC1. The van der Waals surface area contributed by atoms with Crippen LogP contribution in [0.3, 0.4) is 0 Å². The molecule has 2 fully saturated rings. The molecule has 1 N–H and O–H groups in total. The maximum Gasteiger partial charge on any atom is 0.159 e. The fourth-order valence-corrected chi connectivity index (χ4v) is 5.67. The number of aliphatic hydroxyl groups is 1. The molecular formula is C20H30O2. The van der Waals surface area contributed by atoms with E-state index >= 15 is 0 Å². The molecule has 0 spiro atoms. The van der Waals surface area contributed by atoms with Crippen molar-refractivity contribution in [1.29, 1.82) is 0 Å². The third kappa shape index (κ3) is 2.14. The minimum absolute atomic E-state index is 0.0281. The number of Topliss-reactive ketones (excluding diaryl/α,β-unsaturated/α-hetero) is 1. The zero-order valence-corrected chi connectivity index (χ0v) is 14.3. The van der Waals surface area contributed by atoms with Gasteiger partial charge < -0.3 is 5.11 Å². The fourth-order valence-electron chi connectivity index (χ4n) is 5.67. The van der Waals surface area contributed by atoms with Crippen LogP contribution in [-0.2, 0) is 4.79 Å². The van der Waals surface area contributed by atoms with E-state index in [9.17, 15) is 9.90 Å². The number of aliphatic hydroxyl groups excluding tert-OH is 1. The zero-order valence-electron chi connectivity index (χ0n) is 14.3. The second kappa shape index (κ2) is 5.06. The van der Waals surface area contributed by atoms with Gasteiger partial charge in [-0.15, -0.1) is 6.58 Å². The molecule has 3 rings (SSSR count). The van der Waals surface area contributed by atoms with Crippen molar-refractivity contribution in [2.45, 2.75) is 59.3 Å². The highest BCUT2D eigenvalue weighted by Gasteiger charge is 2.57. The summed E-state index contributed by atoms with van der Waals surface area (Å²) in [6.45, 7) is 10.9. The van der Waals surface area contributed by atoms with Crippen molar-refractivity contribution in [3.8, 4) is 0 Å².